The average molecular weight is 278 g/mol. The Morgan fingerprint density at radius 2 is 2.06 bits per heavy atom. The molecule has 0 amide bonds. The summed E-state index contributed by atoms with van der Waals surface area (Å²) in [7, 11) is -3.67. The zero-order chi connectivity index (χ0) is 13.6. The Bertz CT molecular complexity index is 566. The quantitative estimate of drug-likeness (QED) is 0.619. The van der Waals surface area contributed by atoms with Crippen LogP contribution in [-0.4, -0.2) is 27.4 Å². The lowest BCUT2D eigenvalue weighted by atomic mass is 9.94. The van der Waals surface area contributed by atoms with Crippen LogP contribution in [0.1, 0.15) is 12.5 Å². The first kappa shape index (κ1) is 13.4. The molecule has 1 aromatic rings. The highest BCUT2D eigenvalue weighted by molar-refractivity contribution is 7.86. The number of halogens is 2. The van der Waals surface area contributed by atoms with Gasteiger partial charge in [0.05, 0.1) is 12.9 Å². The van der Waals surface area contributed by atoms with Crippen molar-refractivity contribution in [2.45, 2.75) is 18.6 Å². The van der Waals surface area contributed by atoms with Crippen LogP contribution in [0.3, 0.4) is 0 Å². The van der Waals surface area contributed by atoms with E-state index in [4.69, 9.17) is 8.92 Å². The Kier molecular flexibility index (Phi) is 3.16. The van der Waals surface area contributed by atoms with Crippen LogP contribution in [-0.2, 0) is 24.6 Å². The first-order chi connectivity index (χ1) is 8.24. The van der Waals surface area contributed by atoms with Crippen LogP contribution in [0.15, 0.2) is 18.2 Å². The number of ether oxygens (including phenoxy) is 1. The molecule has 0 aliphatic carbocycles. The molecular formula is C11H12F2O4S. The summed E-state index contributed by atoms with van der Waals surface area (Å²) in [5.74, 6) is -1.49. The number of benzene rings is 1. The molecule has 1 saturated heterocycles. The van der Waals surface area contributed by atoms with Crippen molar-refractivity contribution in [3.8, 4) is 0 Å². The van der Waals surface area contributed by atoms with E-state index >= 15 is 0 Å². The van der Waals surface area contributed by atoms with Gasteiger partial charge in [-0.15, -0.1) is 0 Å². The van der Waals surface area contributed by atoms with E-state index < -0.39 is 33.5 Å². The fraction of sp³-hybridized carbons (Fsp3) is 0.455. The Morgan fingerprint density at radius 1 is 1.44 bits per heavy atom. The van der Waals surface area contributed by atoms with Crippen LogP contribution >= 0.6 is 0 Å². The van der Waals surface area contributed by atoms with E-state index in [1.165, 1.54) is 13.0 Å². The Morgan fingerprint density at radius 3 is 2.50 bits per heavy atom. The maximum atomic E-state index is 13.7. The summed E-state index contributed by atoms with van der Waals surface area (Å²) >= 11 is 0. The van der Waals surface area contributed by atoms with Crippen molar-refractivity contribution in [1.29, 1.82) is 0 Å². The number of epoxide rings is 1. The Labute approximate surface area is 104 Å². The van der Waals surface area contributed by atoms with Gasteiger partial charge in [0.2, 0.25) is 0 Å². The first-order valence-electron chi connectivity index (χ1n) is 5.22. The molecule has 1 fully saturated rings. The molecule has 1 aliphatic heterocycles. The highest BCUT2D eigenvalue weighted by Crippen LogP contribution is 2.44. The molecular weight excluding hydrogens is 266 g/mol. The zero-order valence-corrected chi connectivity index (χ0v) is 10.6. The van der Waals surface area contributed by atoms with Crippen molar-refractivity contribution in [2.75, 3.05) is 12.9 Å². The predicted octanol–water partition coefficient (Wildman–Crippen LogP) is 1.56. The molecule has 0 N–H and O–H groups in total. The van der Waals surface area contributed by atoms with E-state index in [0.29, 0.717) is 0 Å². The molecule has 0 spiro atoms. The number of hydrogen-bond donors (Lipinski definition) is 0. The summed E-state index contributed by atoms with van der Waals surface area (Å²) < 4.78 is 58.5. The summed E-state index contributed by atoms with van der Waals surface area (Å²) in [5.41, 5.74) is -1.05. The molecule has 1 heterocycles. The lowest BCUT2D eigenvalue weighted by Gasteiger charge is -2.20. The Hall–Kier alpha value is -1.05. The van der Waals surface area contributed by atoms with Crippen LogP contribution < -0.4 is 0 Å². The summed E-state index contributed by atoms with van der Waals surface area (Å²) in [6.07, 6.45) is 0.0214. The van der Waals surface area contributed by atoms with E-state index in [-0.39, 0.29) is 12.2 Å². The van der Waals surface area contributed by atoms with Crippen molar-refractivity contribution < 1.29 is 26.1 Å². The van der Waals surface area contributed by atoms with Gasteiger partial charge in [0, 0.05) is 11.6 Å². The zero-order valence-electron chi connectivity index (χ0n) is 9.81. The van der Waals surface area contributed by atoms with Gasteiger partial charge < -0.3 is 4.74 Å². The number of hydrogen-bond acceptors (Lipinski definition) is 4. The molecule has 2 rings (SSSR count). The Balaban J connectivity index is 2.31. The van der Waals surface area contributed by atoms with E-state index in [9.17, 15) is 17.2 Å². The maximum absolute atomic E-state index is 13.7. The smallest absolute Gasteiger partial charge is 0.264 e. The van der Waals surface area contributed by atoms with Crippen LogP contribution in [0.5, 0.6) is 0 Å². The minimum absolute atomic E-state index is 0.0973. The second-order valence-electron chi connectivity index (χ2n) is 4.24. The summed E-state index contributed by atoms with van der Waals surface area (Å²) in [5, 5.41) is 0. The average Bonchev–Trinajstić information content (AvgIpc) is 2.95. The fourth-order valence-corrected chi connectivity index (χ4v) is 2.54. The van der Waals surface area contributed by atoms with Gasteiger partial charge in [-0.05, 0) is 13.0 Å². The molecule has 0 saturated carbocycles. The van der Waals surface area contributed by atoms with Crippen molar-refractivity contribution in [3.05, 3.63) is 35.4 Å². The van der Waals surface area contributed by atoms with Crippen LogP contribution in [0.25, 0.3) is 0 Å². The largest absolute Gasteiger partial charge is 0.361 e. The summed E-state index contributed by atoms with van der Waals surface area (Å²) in [6.45, 7) is 1.60. The third kappa shape index (κ3) is 2.52. The fourth-order valence-electron chi connectivity index (χ4n) is 1.86. The van der Waals surface area contributed by atoms with Crippen molar-refractivity contribution >= 4 is 10.1 Å². The van der Waals surface area contributed by atoms with E-state index in [1.807, 2.05) is 0 Å². The summed E-state index contributed by atoms with van der Waals surface area (Å²) in [6, 6.07) is 3.06. The molecule has 7 heteroatoms. The van der Waals surface area contributed by atoms with Gasteiger partial charge in [-0.3, -0.25) is 4.18 Å². The topological polar surface area (TPSA) is 55.9 Å². The minimum Gasteiger partial charge on any atom is -0.361 e. The lowest BCUT2D eigenvalue weighted by Crippen LogP contribution is -2.30. The third-order valence-electron chi connectivity index (χ3n) is 2.82. The molecule has 100 valence electrons. The van der Waals surface area contributed by atoms with Crippen molar-refractivity contribution in [3.63, 3.8) is 0 Å². The third-order valence-corrected chi connectivity index (χ3v) is 3.46. The maximum Gasteiger partial charge on any atom is 0.264 e. The highest BCUT2D eigenvalue weighted by Gasteiger charge is 2.54. The van der Waals surface area contributed by atoms with Crippen LogP contribution in [0, 0.1) is 11.6 Å². The van der Waals surface area contributed by atoms with E-state index in [2.05, 4.69) is 0 Å². The van der Waals surface area contributed by atoms with Gasteiger partial charge in [0.1, 0.15) is 23.3 Å². The van der Waals surface area contributed by atoms with Crippen LogP contribution in [0.4, 0.5) is 8.78 Å². The predicted molar refractivity (Wildman–Crippen MR) is 59.4 cm³/mol. The molecule has 2 atom stereocenters. The van der Waals surface area contributed by atoms with Crippen molar-refractivity contribution in [1.82, 2.24) is 0 Å². The highest BCUT2D eigenvalue weighted by atomic mass is 32.2. The van der Waals surface area contributed by atoms with Gasteiger partial charge in [-0.1, -0.05) is 6.07 Å². The normalized spacial score (nSPS) is 24.9. The molecule has 4 nitrogen and oxygen atoms in total. The molecule has 0 radical (unpaired) electrons. The van der Waals surface area contributed by atoms with E-state index in [0.717, 1.165) is 18.4 Å². The molecule has 1 unspecified atom stereocenters. The summed E-state index contributed by atoms with van der Waals surface area (Å²) in [4.78, 5) is 0. The van der Waals surface area contributed by atoms with Gasteiger partial charge in [-0.2, -0.15) is 8.42 Å². The van der Waals surface area contributed by atoms with Gasteiger partial charge in [0.15, 0.2) is 0 Å². The van der Waals surface area contributed by atoms with Gasteiger partial charge >= 0.3 is 0 Å². The monoisotopic (exact) mass is 278 g/mol. The van der Waals surface area contributed by atoms with Gasteiger partial charge in [0.25, 0.3) is 10.1 Å². The number of rotatable bonds is 4. The second-order valence-corrected chi connectivity index (χ2v) is 5.85. The molecule has 1 aliphatic rings. The molecule has 18 heavy (non-hydrogen) atoms. The SMILES string of the molecule is CC(OS(C)(=O)=O)[C@@]1(c2ccc(F)cc2F)CO1. The van der Waals surface area contributed by atoms with Crippen LogP contribution in [0.2, 0.25) is 0 Å². The minimum atomic E-state index is -3.67. The van der Waals surface area contributed by atoms with Gasteiger partial charge in [-0.25, -0.2) is 8.78 Å². The second kappa shape index (κ2) is 4.25. The van der Waals surface area contributed by atoms with E-state index in [1.54, 1.807) is 0 Å². The molecule has 1 aromatic carbocycles. The lowest BCUT2D eigenvalue weighted by molar-refractivity contribution is 0.114. The first-order valence-corrected chi connectivity index (χ1v) is 7.04. The molecule has 0 bridgehead atoms. The molecule has 0 aromatic heterocycles. The standard InChI is InChI=1S/C11H12F2O4S/c1-7(17-18(2,14)15)11(6-16-11)9-4-3-8(12)5-10(9)13/h3-5,7H,6H2,1-2H3/t7?,11-/m1/s1. The van der Waals surface area contributed by atoms with Crippen molar-refractivity contribution in [2.24, 2.45) is 0 Å².